The van der Waals surface area contributed by atoms with E-state index in [-0.39, 0.29) is 105 Å². The number of benzene rings is 6. The van der Waals surface area contributed by atoms with Gasteiger partial charge in [0.1, 0.15) is 30.4 Å². The number of methoxy groups -OCH3 is 2. The second-order valence-electron chi connectivity index (χ2n) is 30.3. The van der Waals surface area contributed by atoms with E-state index >= 15 is 0 Å². The molecule has 2 fully saturated rings. The van der Waals surface area contributed by atoms with Gasteiger partial charge in [-0.1, -0.05) is 87.2 Å². The number of aryl methyl sites for hydroxylation is 3. The Kier molecular flexibility index (Phi) is 20.8. The van der Waals surface area contributed by atoms with Crippen molar-refractivity contribution in [2.45, 2.75) is 187 Å². The van der Waals surface area contributed by atoms with Crippen molar-refractivity contribution in [2.75, 3.05) is 60.6 Å². The molecule has 4 bridgehead atoms. The van der Waals surface area contributed by atoms with E-state index in [9.17, 15) is 39.6 Å². The topological polar surface area (TPSA) is 285 Å². The fourth-order valence-corrected chi connectivity index (χ4v) is 18.8. The summed E-state index contributed by atoms with van der Waals surface area (Å²) in [5, 5.41) is 56.0. The van der Waals surface area contributed by atoms with Gasteiger partial charge in [-0.15, -0.1) is 0 Å². The number of carbonyl (C=O) groups is 4. The molecule has 7 aromatic rings. The molecule has 8 aliphatic heterocycles. The first-order chi connectivity index (χ1) is 51.4. The maximum atomic E-state index is 14.5. The van der Waals surface area contributed by atoms with E-state index in [1.54, 1.807) is 21.1 Å². The molecular weight excluding hydrogens is 1370 g/mol. The highest BCUT2D eigenvalue weighted by atomic mass is 16.7. The number of aromatic nitrogens is 1. The van der Waals surface area contributed by atoms with Crippen LogP contribution in [0.5, 0.6) is 51.7 Å². The lowest BCUT2D eigenvalue weighted by atomic mass is 9.72. The Balaban J connectivity index is 0.000000180. The number of fused-ring (bicyclic) bond motifs is 19. The van der Waals surface area contributed by atoms with Gasteiger partial charge in [0.05, 0.1) is 62.8 Å². The highest BCUT2D eigenvalue weighted by molar-refractivity contribution is 5.87. The predicted octanol–water partition coefficient (Wildman–Crippen LogP) is 10.6. The number of likely N-dealkylation sites (N-methyl/N-ethyl adjacent to an activating group) is 2. The molecule has 0 radical (unpaired) electrons. The van der Waals surface area contributed by atoms with Crippen LogP contribution >= 0.6 is 0 Å². The zero-order chi connectivity index (χ0) is 75.8. The third-order valence-corrected chi connectivity index (χ3v) is 23.3. The second kappa shape index (κ2) is 29.9. The van der Waals surface area contributed by atoms with Crippen molar-refractivity contribution in [1.82, 2.24) is 35.2 Å². The van der Waals surface area contributed by atoms with Gasteiger partial charge in [-0.05, 0) is 163 Å². The third-order valence-electron chi connectivity index (χ3n) is 23.3. The summed E-state index contributed by atoms with van der Waals surface area (Å²) >= 11 is 0. The Labute approximate surface area is 623 Å². The summed E-state index contributed by atoms with van der Waals surface area (Å²) in [5.41, 5.74) is 13.4. The maximum absolute atomic E-state index is 14.5. The van der Waals surface area contributed by atoms with Crippen LogP contribution in [-0.4, -0.2) is 172 Å². The Bertz CT molecular complexity index is 4630. The van der Waals surface area contributed by atoms with Crippen LogP contribution < -0.4 is 43.8 Å². The lowest BCUT2D eigenvalue weighted by Crippen LogP contribution is -2.70. The first-order valence-electron chi connectivity index (χ1n) is 37.3. The van der Waals surface area contributed by atoms with Gasteiger partial charge in [-0.25, -0.2) is 4.79 Å². The molecule has 7 N–H and O–H groups in total. The van der Waals surface area contributed by atoms with E-state index in [0.717, 1.165) is 77.7 Å². The molecule has 2 amide bonds. The molecule has 0 aliphatic carbocycles. The minimum atomic E-state index is -0.954. The summed E-state index contributed by atoms with van der Waals surface area (Å²) in [6, 6.07) is 18.8. The summed E-state index contributed by atoms with van der Waals surface area (Å²) in [4.78, 5) is 66.3. The van der Waals surface area contributed by atoms with E-state index in [2.05, 4.69) is 56.8 Å². The number of amides is 2. The van der Waals surface area contributed by atoms with Crippen molar-refractivity contribution in [1.29, 1.82) is 0 Å². The van der Waals surface area contributed by atoms with E-state index < -0.39 is 54.2 Å². The number of carbonyl (C=O) groups excluding carboxylic acids is 4. The van der Waals surface area contributed by atoms with Gasteiger partial charge in [0, 0.05) is 82.1 Å². The van der Waals surface area contributed by atoms with Crippen LogP contribution in [0.15, 0.2) is 85.6 Å². The molecule has 0 saturated carbocycles. The van der Waals surface area contributed by atoms with Crippen LogP contribution in [0, 0.1) is 40.5 Å². The van der Waals surface area contributed by atoms with Gasteiger partial charge in [0.25, 0.3) is 0 Å². The number of aliphatic hydroxyl groups is 2. The predicted molar refractivity (Wildman–Crippen MR) is 398 cm³/mol. The molecule has 568 valence electrons. The molecule has 6 aromatic carbocycles. The van der Waals surface area contributed by atoms with Crippen LogP contribution in [0.3, 0.4) is 0 Å². The van der Waals surface area contributed by atoms with E-state index in [1.807, 2.05) is 120 Å². The number of aromatic amines is 1. The molecule has 0 spiro atoms. The number of rotatable bonds is 19. The number of phenolic OH excluding ortho intramolecular Hbond substituents is 2. The van der Waals surface area contributed by atoms with Crippen molar-refractivity contribution in [3.8, 4) is 51.7 Å². The minimum Gasteiger partial charge on any atom is -0.504 e. The van der Waals surface area contributed by atoms with Crippen LogP contribution in [0.2, 0.25) is 0 Å². The highest BCUT2D eigenvalue weighted by Crippen LogP contribution is 2.61. The number of piperazine rings is 2. The van der Waals surface area contributed by atoms with Gasteiger partial charge in [0.2, 0.25) is 25.4 Å². The second-order valence-corrected chi connectivity index (χ2v) is 30.3. The minimum absolute atomic E-state index is 0.0307. The van der Waals surface area contributed by atoms with Crippen molar-refractivity contribution in [2.24, 2.45) is 5.92 Å². The molecule has 11 atom stereocenters. The third kappa shape index (κ3) is 13.3. The summed E-state index contributed by atoms with van der Waals surface area (Å²) in [6.07, 6.45) is 3.59. The zero-order valence-corrected chi connectivity index (χ0v) is 63.1. The number of aromatic hydroxyl groups is 2. The van der Waals surface area contributed by atoms with E-state index in [0.29, 0.717) is 103 Å². The first-order valence-corrected chi connectivity index (χ1v) is 37.3. The average Bonchev–Trinajstić information content (AvgIpc) is 1.09. The SMILES string of the molecule is C=CCOC(=O)Oc1c(C)c2c(c3c1CC1[C@H]4c5c(cc(C)c(OC)c5O)C[C@@H]([C@H](O)N1[C@H]3CNC(=O)CCc1ccccc1)N4CC)OCO2.CCN1[C@@H]2c3c(cc(C)c(OC)c3O)C[C@H]1[C@H](O)N1C2Cc2c(C)c(C)c3c(c2[C@@H]1CNC(=O)[C@@H](CC(=O)OC(C)(C)C)Cc1c[nH]c2ccccc12)OCO3. The molecule has 8 aliphatic rings. The molecule has 2 saturated heterocycles. The highest BCUT2D eigenvalue weighted by Gasteiger charge is 2.59. The number of phenols is 2. The number of hydrogen-bond donors (Lipinski definition) is 7. The number of nitrogens with one attached hydrogen (secondary N) is 3. The van der Waals surface area contributed by atoms with Gasteiger partial charge in [0.15, 0.2) is 46.0 Å². The van der Waals surface area contributed by atoms with Crippen molar-refractivity contribution >= 4 is 34.8 Å². The van der Waals surface area contributed by atoms with Gasteiger partial charge in [-0.3, -0.25) is 34.0 Å². The van der Waals surface area contributed by atoms with Gasteiger partial charge in [-0.2, -0.15) is 0 Å². The largest absolute Gasteiger partial charge is 0.514 e. The fourth-order valence-electron chi connectivity index (χ4n) is 18.8. The number of hydrogen-bond acceptors (Lipinski definition) is 21. The number of nitrogens with zero attached hydrogens (tertiary/aromatic N) is 4. The Morgan fingerprint density at radius 1 is 0.664 bits per heavy atom. The van der Waals surface area contributed by atoms with Crippen LogP contribution in [0.4, 0.5) is 4.79 Å². The number of para-hydroxylation sites is 1. The van der Waals surface area contributed by atoms with Crippen molar-refractivity contribution in [3.05, 3.63) is 169 Å². The normalized spacial score (nSPS) is 23.2. The quantitative estimate of drug-likeness (QED) is 0.0225. The lowest BCUT2D eigenvalue weighted by molar-refractivity contribution is -0.177. The lowest BCUT2D eigenvalue weighted by Gasteiger charge is -2.61. The molecule has 107 heavy (non-hydrogen) atoms. The standard InChI is InChI=1S/C44H54N4O8.C39H45N3O9/c1-9-47-32-16-25-14-22(2)39(53-8)38(50)35(25)37(47)31-18-29-23(3)24(4)40-41(55-21-54-40)36(29)33(48(31)43(32)52)20-46-42(51)26(17-34(49)56-44(5,6)7)15-27-19-45-30-13-11-10-12-28(27)30;1-6-15-48-39(46)51-35-22(4)36-37(50-20-49-36)31-25(35)18-26-32-30-24(16-21(3)34(47-5)33(30)44)17-27(41(32)7-2)38(45)42(26)28(31)19-40-29(43)14-13-23-11-9-8-10-12-23/h10-14,19,26,31-33,37,43,45,50,52H,9,15-18,20-21H2,1-8H3,(H,46,51);6,8-12,16,26-28,32,38,44-45H,1,7,13-15,17-20H2,2-5H3,(H,40,43)/t26-,31?,32+,33+,37+,43+;26?,27-,28-,32-,38-/m10/s1. The number of aliphatic hydroxyl groups excluding tert-OH is 2. The van der Waals surface area contributed by atoms with Crippen LogP contribution in [-0.2, 0) is 62.4 Å². The average molecular weight is 1470 g/mol. The number of ether oxygens (including phenoxy) is 9. The Morgan fingerprint density at radius 2 is 1.20 bits per heavy atom. The van der Waals surface area contributed by atoms with Gasteiger partial charge < -0.3 is 78.7 Å². The first kappa shape index (κ1) is 74.3. The van der Waals surface area contributed by atoms with Gasteiger partial charge >= 0.3 is 12.1 Å². The molecule has 24 heteroatoms. The van der Waals surface area contributed by atoms with Crippen molar-refractivity contribution < 1.29 is 82.2 Å². The molecule has 9 heterocycles. The Hall–Kier alpha value is -9.56. The summed E-state index contributed by atoms with van der Waals surface area (Å²) < 4.78 is 52.6. The zero-order valence-electron chi connectivity index (χ0n) is 63.1. The summed E-state index contributed by atoms with van der Waals surface area (Å²) in [6.45, 7) is 24.5. The monoisotopic (exact) mass is 1470 g/mol. The molecular formula is C83H99N7O17. The van der Waals surface area contributed by atoms with E-state index in [4.69, 9.17) is 42.6 Å². The summed E-state index contributed by atoms with van der Waals surface area (Å²) in [7, 11) is 3.12. The molecule has 15 rings (SSSR count). The van der Waals surface area contributed by atoms with Crippen LogP contribution in [0.25, 0.3) is 10.9 Å². The Morgan fingerprint density at radius 3 is 1.76 bits per heavy atom. The summed E-state index contributed by atoms with van der Waals surface area (Å²) in [5.74, 6) is 2.01. The van der Waals surface area contributed by atoms with Crippen molar-refractivity contribution in [3.63, 3.8) is 0 Å². The molecule has 1 aromatic heterocycles. The molecule has 2 unspecified atom stereocenters. The number of esters is 1. The van der Waals surface area contributed by atoms with E-state index in [1.165, 1.54) is 6.08 Å². The smallest absolute Gasteiger partial charge is 0.504 e. The fraction of sp³-hybridized carbons (Fsp3) is 0.470. The number of H-pyrrole nitrogens is 1. The van der Waals surface area contributed by atoms with Crippen LogP contribution in [0.1, 0.15) is 155 Å². The maximum Gasteiger partial charge on any atom is 0.514 e. The molecule has 24 nitrogen and oxygen atoms in total.